The molecule has 0 bridgehead atoms. The lowest BCUT2D eigenvalue weighted by atomic mass is 10.1. The number of benzene rings is 2. The summed E-state index contributed by atoms with van der Waals surface area (Å²) in [7, 11) is 2.93. The second kappa shape index (κ2) is 15.9. The van der Waals surface area contributed by atoms with Gasteiger partial charge in [0.25, 0.3) is 0 Å². The fraction of sp³-hybridized carbons (Fsp3) is 0.441. The van der Waals surface area contributed by atoms with Crippen molar-refractivity contribution >= 4 is 39.8 Å². The van der Waals surface area contributed by atoms with Crippen molar-refractivity contribution in [2.24, 2.45) is 14.1 Å². The van der Waals surface area contributed by atoms with Crippen LogP contribution in [0.5, 0.6) is 11.5 Å². The van der Waals surface area contributed by atoms with E-state index in [-0.39, 0.29) is 65.3 Å². The number of fused-ring (bicyclic) bond motifs is 2. The molecule has 0 radical (unpaired) electrons. The molecule has 2 aromatic heterocycles. The maximum atomic E-state index is 13.6. The monoisotopic (exact) mass is 731 g/mol. The zero-order valence-corrected chi connectivity index (χ0v) is 29.0. The lowest BCUT2D eigenvalue weighted by Crippen LogP contribution is -2.33. The molecule has 11 nitrogen and oxygen atoms in total. The van der Waals surface area contributed by atoms with Crippen molar-refractivity contribution in [3.8, 4) is 11.5 Å². The van der Waals surface area contributed by atoms with Crippen LogP contribution in [-0.2, 0) is 40.7 Å². The number of carbonyl (C=O) groups is 3. The second-order valence-corrected chi connectivity index (χ2v) is 12.1. The average Bonchev–Trinajstić information content (AvgIpc) is 3.51. The molecular weight excluding hydrogens is 692 g/mol. The van der Waals surface area contributed by atoms with E-state index in [1.165, 1.54) is 41.4 Å². The van der Waals surface area contributed by atoms with Gasteiger partial charge in [-0.3, -0.25) is 0 Å². The van der Waals surface area contributed by atoms with Gasteiger partial charge in [0, 0.05) is 43.5 Å². The number of aromatic hydroxyl groups is 1. The molecule has 1 amide bonds. The number of aryl methyl sites for hydroxylation is 2. The fourth-order valence-corrected chi connectivity index (χ4v) is 4.94. The van der Waals surface area contributed by atoms with Crippen LogP contribution in [0.25, 0.3) is 21.8 Å². The van der Waals surface area contributed by atoms with E-state index in [9.17, 15) is 45.8 Å². The van der Waals surface area contributed by atoms with Gasteiger partial charge in [-0.25, -0.2) is 14.4 Å². The van der Waals surface area contributed by atoms with Crippen molar-refractivity contribution in [1.82, 2.24) is 14.5 Å². The summed E-state index contributed by atoms with van der Waals surface area (Å²) in [5.41, 5.74) is -2.20. The van der Waals surface area contributed by atoms with Crippen molar-refractivity contribution in [1.29, 1.82) is 0 Å². The van der Waals surface area contributed by atoms with Crippen molar-refractivity contribution in [3.05, 3.63) is 58.9 Å². The van der Waals surface area contributed by atoms with Gasteiger partial charge < -0.3 is 38.5 Å². The van der Waals surface area contributed by atoms with Crippen LogP contribution < -0.4 is 10.1 Å². The quantitative estimate of drug-likeness (QED) is 0.0774. The molecule has 280 valence electrons. The van der Waals surface area contributed by atoms with Gasteiger partial charge in [0.15, 0.2) is 0 Å². The third kappa shape index (κ3) is 10.2. The number of rotatable bonds is 9. The zero-order chi connectivity index (χ0) is 38.5. The van der Waals surface area contributed by atoms with E-state index < -0.39 is 52.9 Å². The SMILES string of the molecule is CCOC(=O)c1cc2c(C(F)(F)F)cc(O)cc2n1C.CCOC(=O)c1cc2c(C(F)(F)F)cc(OCCCNC(=O)OC(C)(C)C)cc2n1C. The summed E-state index contributed by atoms with van der Waals surface area (Å²) < 4.78 is 103. The minimum Gasteiger partial charge on any atom is -0.508 e. The normalized spacial score (nSPS) is 11.9. The number of alkyl carbamates (subject to hydrolysis) is 1. The van der Waals surface area contributed by atoms with E-state index in [4.69, 9.17) is 18.9 Å². The van der Waals surface area contributed by atoms with Gasteiger partial charge in [-0.2, -0.15) is 26.3 Å². The molecule has 0 saturated heterocycles. The Kier molecular flexibility index (Phi) is 12.5. The molecular formula is C34H39F6N3O8. The van der Waals surface area contributed by atoms with Gasteiger partial charge >= 0.3 is 30.4 Å². The van der Waals surface area contributed by atoms with E-state index in [1.807, 2.05) is 0 Å². The third-order valence-corrected chi connectivity index (χ3v) is 7.12. The van der Waals surface area contributed by atoms with Gasteiger partial charge in [-0.15, -0.1) is 0 Å². The summed E-state index contributed by atoms with van der Waals surface area (Å²) in [6.07, 6.45) is -9.48. The molecule has 2 heterocycles. The number of amides is 1. The number of hydrogen-bond acceptors (Lipinski definition) is 8. The first-order valence-corrected chi connectivity index (χ1v) is 15.6. The van der Waals surface area contributed by atoms with Crippen molar-refractivity contribution in [2.75, 3.05) is 26.4 Å². The van der Waals surface area contributed by atoms with Gasteiger partial charge in [-0.1, -0.05) is 0 Å². The number of esters is 2. The minimum atomic E-state index is -4.64. The first kappa shape index (κ1) is 40.3. The summed E-state index contributed by atoms with van der Waals surface area (Å²) >= 11 is 0. The Morgan fingerprint density at radius 1 is 0.745 bits per heavy atom. The van der Waals surface area contributed by atoms with Gasteiger partial charge in [0.05, 0.1) is 42.0 Å². The molecule has 2 N–H and O–H groups in total. The summed E-state index contributed by atoms with van der Waals surface area (Å²) in [5.74, 6) is -1.92. The molecule has 0 spiro atoms. The highest BCUT2D eigenvalue weighted by molar-refractivity contribution is 5.98. The molecule has 51 heavy (non-hydrogen) atoms. The van der Waals surface area contributed by atoms with Gasteiger partial charge in [0.1, 0.15) is 28.5 Å². The standard InChI is InChI=1S/C21H27F3N2O5.C13H12F3NO3/c1-6-29-18(27)17-12-14-15(21(22,23)24)10-13(11-16(14)26(17)5)30-9-7-8-25-19(28)31-20(2,3)4;1-3-20-12(19)11-6-8-9(13(14,15)16)4-7(18)5-10(8)17(11)2/h10-12H,6-9H2,1-5H3,(H,25,28);4-6,18H,3H2,1-2H3. The number of ether oxygens (including phenoxy) is 4. The number of nitrogens with one attached hydrogen (secondary N) is 1. The molecule has 4 aromatic rings. The molecule has 0 fully saturated rings. The van der Waals surface area contributed by atoms with Crippen molar-refractivity contribution in [2.45, 2.75) is 59.0 Å². The van der Waals surface area contributed by atoms with Crippen LogP contribution in [0.15, 0.2) is 36.4 Å². The van der Waals surface area contributed by atoms with Crippen LogP contribution in [0.4, 0.5) is 31.1 Å². The maximum absolute atomic E-state index is 13.6. The number of phenols is 1. The summed E-state index contributed by atoms with van der Waals surface area (Å²) in [6.45, 7) is 8.98. The topological polar surface area (TPSA) is 130 Å². The second-order valence-electron chi connectivity index (χ2n) is 12.1. The third-order valence-electron chi connectivity index (χ3n) is 7.12. The highest BCUT2D eigenvalue weighted by Crippen LogP contribution is 2.40. The largest absolute Gasteiger partial charge is 0.508 e. The molecule has 0 aliphatic heterocycles. The fourth-order valence-electron chi connectivity index (χ4n) is 4.94. The van der Waals surface area contributed by atoms with Gasteiger partial charge in [-0.05, 0) is 65.3 Å². The van der Waals surface area contributed by atoms with Crippen LogP contribution in [0.1, 0.15) is 73.1 Å². The van der Waals surface area contributed by atoms with Crippen LogP contribution in [0.3, 0.4) is 0 Å². The Labute approximate surface area is 289 Å². The number of carbonyl (C=O) groups excluding carboxylic acids is 3. The number of halogens is 6. The molecule has 0 aliphatic rings. The number of alkyl halides is 6. The van der Waals surface area contributed by atoms with E-state index in [0.29, 0.717) is 12.5 Å². The molecule has 17 heteroatoms. The lowest BCUT2D eigenvalue weighted by molar-refractivity contribution is -0.137. The highest BCUT2D eigenvalue weighted by atomic mass is 19.4. The van der Waals surface area contributed by atoms with Gasteiger partial charge in [0.2, 0.25) is 0 Å². The van der Waals surface area contributed by atoms with Crippen LogP contribution in [-0.4, -0.2) is 64.2 Å². The first-order valence-electron chi connectivity index (χ1n) is 15.6. The molecule has 0 saturated carbocycles. The lowest BCUT2D eigenvalue weighted by Gasteiger charge is -2.19. The number of aromatic nitrogens is 2. The summed E-state index contributed by atoms with van der Waals surface area (Å²) in [5, 5.41) is 11.7. The molecule has 0 aliphatic carbocycles. The summed E-state index contributed by atoms with van der Waals surface area (Å²) in [6, 6.07) is 6.44. The molecule has 2 aromatic carbocycles. The molecule has 4 rings (SSSR count). The Balaban J connectivity index is 0.000000302. The first-order chi connectivity index (χ1) is 23.6. The van der Waals surface area contributed by atoms with Crippen LogP contribution in [0.2, 0.25) is 0 Å². The van der Waals surface area contributed by atoms with E-state index in [0.717, 1.165) is 12.1 Å². The highest BCUT2D eigenvalue weighted by Gasteiger charge is 2.36. The molecule has 0 unspecified atom stereocenters. The Morgan fingerprint density at radius 3 is 1.67 bits per heavy atom. The van der Waals surface area contributed by atoms with E-state index in [2.05, 4.69) is 5.32 Å². The predicted octanol–water partition coefficient (Wildman–Crippen LogP) is 7.75. The van der Waals surface area contributed by atoms with E-state index >= 15 is 0 Å². The Bertz CT molecular complexity index is 1890. The smallest absolute Gasteiger partial charge is 0.417 e. The van der Waals surface area contributed by atoms with Crippen LogP contribution >= 0.6 is 0 Å². The minimum absolute atomic E-state index is 0.00190. The maximum Gasteiger partial charge on any atom is 0.417 e. The van der Waals surface area contributed by atoms with Crippen molar-refractivity contribution in [3.63, 3.8) is 0 Å². The van der Waals surface area contributed by atoms with Crippen LogP contribution in [0, 0.1) is 0 Å². The van der Waals surface area contributed by atoms with E-state index in [1.54, 1.807) is 34.6 Å². The predicted molar refractivity (Wildman–Crippen MR) is 174 cm³/mol. The summed E-state index contributed by atoms with van der Waals surface area (Å²) in [4.78, 5) is 35.4. The number of hydrogen-bond donors (Lipinski definition) is 2. The zero-order valence-electron chi connectivity index (χ0n) is 29.0. The number of nitrogens with zero attached hydrogens (tertiary/aromatic N) is 2. The van der Waals surface area contributed by atoms with Crippen molar-refractivity contribution < 1.29 is 64.8 Å². The Hall–Kier alpha value is -5.09. The number of phenolic OH excluding ortho intramolecular Hbond substituents is 1. The Morgan fingerprint density at radius 2 is 1.22 bits per heavy atom. The molecule has 0 atom stereocenters. The average molecular weight is 732 g/mol.